The highest BCUT2D eigenvalue weighted by atomic mass is 15.1. The van der Waals surface area contributed by atoms with E-state index in [0.29, 0.717) is 5.92 Å². The standard InChI is InChI=1S/C61H46N2.C12H16/c1-61(2)58-40-52(62-51-30-26-44(27-31-51)49-22-11-20-47(38-49)42-14-5-3-6-15-42)32-36-56(58)57-37-35-54(41-59(57)61)63(60-25-13-19-46-18-9-10-24-55(46)60)53-33-28-45(29-34-53)50-23-12-21-48(39-50)43-16-7-4-8-17-43;1-4-5-9-12-10(2)7-6-8-11(12)3/h3-41,62H,1-2H3;4-7,9,11H,1,8H2,2-3H3/b;9-5-. The van der Waals surface area contributed by atoms with Gasteiger partial charge < -0.3 is 10.2 Å². The summed E-state index contributed by atoms with van der Waals surface area (Å²) in [6.07, 6.45) is 11.6. The van der Waals surface area contributed by atoms with Gasteiger partial charge >= 0.3 is 0 Å². The van der Waals surface area contributed by atoms with Crippen LogP contribution in [-0.4, -0.2) is 0 Å². The Labute approximate surface area is 444 Å². The molecular formula is C73H62N2. The quantitative estimate of drug-likeness (QED) is 0.130. The Balaban J connectivity index is 0.000000444. The van der Waals surface area contributed by atoms with Gasteiger partial charge in [-0.15, -0.1) is 0 Å². The number of nitrogens with zero attached hydrogens (tertiary/aromatic N) is 1. The first kappa shape index (κ1) is 48.3. The molecule has 2 aliphatic carbocycles. The van der Waals surface area contributed by atoms with E-state index in [0.717, 1.165) is 34.9 Å². The van der Waals surface area contributed by atoms with Gasteiger partial charge in [0.05, 0.1) is 5.69 Å². The van der Waals surface area contributed by atoms with Crippen LogP contribution in [0.25, 0.3) is 66.4 Å². The molecule has 10 aromatic rings. The van der Waals surface area contributed by atoms with E-state index in [1.807, 2.05) is 12.2 Å². The highest BCUT2D eigenvalue weighted by Gasteiger charge is 2.36. The van der Waals surface area contributed by atoms with Gasteiger partial charge in [0.1, 0.15) is 0 Å². The second-order valence-electron chi connectivity index (χ2n) is 20.4. The Kier molecular flexibility index (Phi) is 13.7. The van der Waals surface area contributed by atoms with Crippen molar-refractivity contribution in [2.75, 3.05) is 10.2 Å². The average molecular weight is 967 g/mol. The number of hydrogen-bond acceptors (Lipinski definition) is 2. The minimum Gasteiger partial charge on any atom is -0.356 e. The minimum absolute atomic E-state index is 0.218. The molecule has 0 heterocycles. The van der Waals surface area contributed by atoms with Crippen molar-refractivity contribution < 1.29 is 0 Å². The van der Waals surface area contributed by atoms with Gasteiger partial charge in [-0.05, 0) is 169 Å². The minimum atomic E-state index is -0.218. The molecule has 2 nitrogen and oxygen atoms in total. The van der Waals surface area contributed by atoms with Crippen LogP contribution >= 0.6 is 0 Å². The van der Waals surface area contributed by atoms with Crippen molar-refractivity contribution >= 4 is 39.2 Å². The summed E-state index contributed by atoms with van der Waals surface area (Å²) < 4.78 is 0. The maximum Gasteiger partial charge on any atom is 0.0540 e. The summed E-state index contributed by atoms with van der Waals surface area (Å²) in [5.41, 5.74) is 23.1. The lowest BCUT2D eigenvalue weighted by atomic mass is 9.82. The van der Waals surface area contributed by atoms with Gasteiger partial charge in [-0.1, -0.05) is 228 Å². The molecule has 75 heavy (non-hydrogen) atoms. The molecule has 12 rings (SSSR count). The molecule has 364 valence electrons. The Morgan fingerprint density at radius 2 is 0.987 bits per heavy atom. The molecule has 2 heteroatoms. The van der Waals surface area contributed by atoms with E-state index >= 15 is 0 Å². The van der Waals surface area contributed by atoms with E-state index in [1.54, 1.807) is 0 Å². The van der Waals surface area contributed by atoms with E-state index in [1.165, 1.54) is 88.7 Å². The second-order valence-corrected chi connectivity index (χ2v) is 20.4. The zero-order valence-electron chi connectivity index (χ0n) is 43.3. The normalized spacial score (nSPS) is 14.2. The molecule has 0 aromatic heterocycles. The molecule has 2 aliphatic rings. The first-order chi connectivity index (χ1) is 36.7. The van der Waals surface area contributed by atoms with Gasteiger partial charge in [0, 0.05) is 33.6 Å². The van der Waals surface area contributed by atoms with Gasteiger partial charge in [-0.25, -0.2) is 0 Å². The molecule has 1 atom stereocenters. The van der Waals surface area contributed by atoms with Crippen LogP contribution in [0.4, 0.5) is 28.4 Å². The molecule has 1 unspecified atom stereocenters. The maximum absolute atomic E-state index is 3.72. The molecule has 0 fully saturated rings. The van der Waals surface area contributed by atoms with Gasteiger partial charge in [0.15, 0.2) is 0 Å². The topological polar surface area (TPSA) is 15.3 Å². The second kappa shape index (κ2) is 21.2. The first-order valence-corrected chi connectivity index (χ1v) is 26.2. The smallest absolute Gasteiger partial charge is 0.0540 e. The number of rotatable bonds is 11. The van der Waals surface area contributed by atoms with E-state index in [-0.39, 0.29) is 5.41 Å². The fourth-order valence-corrected chi connectivity index (χ4v) is 11.0. The molecule has 0 aliphatic heterocycles. The summed E-state index contributed by atoms with van der Waals surface area (Å²) in [7, 11) is 0. The van der Waals surface area contributed by atoms with Crippen molar-refractivity contribution in [3.8, 4) is 55.6 Å². The van der Waals surface area contributed by atoms with Crippen LogP contribution < -0.4 is 10.2 Å². The molecule has 0 bridgehead atoms. The van der Waals surface area contributed by atoms with Gasteiger partial charge in [0.25, 0.3) is 0 Å². The predicted octanol–water partition coefficient (Wildman–Crippen LogP) is 20.7. The van der Waals surface area contributed by atoms with E-state index in [2.05, 4.69) is 299 Å². The molecule has 1 N–H and O–H groups in total. The van der Waals surface area contributed by atoms with Crippen molar-refractivity contribution in [2.24, 2.45) is 5.92 Å². The Morgan fingerprint density at radius 1 is 0.493 bits per heavy atom. The summed E-state index contributed by atoms with van der Waals surface area (Å²) in [6, 6.07) is 85.8. The number of fused-ring (bicyclic) bond motifs is 4. The van der Waals surface area contributed by atoms with Crippen LogP contribution in [0.5, 0.6) is 0 Å². The third-order valence-electron chi connectivity index (χ3n) is 15.1. The van der Waals surface area contributed by atoms with Gasteiger partial charge in [-0.3, -0.25) is 0 Å². The fraction of sp³-hybridized carbons (Fsp3) is 0.0959. The van der Waals surface area contributed by atoms with Crippen molar-refractivity contribution in [3.63, 3.8) is 0 Å². The van der Waals surface area contributed by atoms with Crippen LogP contribution in [-0.2, 0) is 5.41 Å². The van der Waals surface area contributed by atoms with Crippen LogP contribution in [0.2, 0.25) is 0 Å². The van der Waals surface area contributed by atoms with Gasteiger partial charge in [-0.2, -0.15) is 0 Å². The van der Waals surface area contributed by atoms with E-state index in [9.17, 15) is 0 Å². The Bertz CT molecular complexity index is 3760. The molecule has 0 saturated carbocycles. The predicted molar refractivity (Wildman–Crippen MR) is 323 cm³/mol. The zero-order chi connectivity index (χ0) is 51.3. The maximum atomic E-state index is 3.72. The van der Waals surface area contributed by atoms with Crippen LogP contribution in [0.3, 0.4) is 0 Å². The molecule has 0 spiro atoms. The monoisotopic (exact) mass is 966 g/mol. The van der Waals surface area contributed by atoms with Gasteiger partial charge in [0.2, 0.25) is 0 Å². The third-order valence-corrected chi connectivity index (χ3v) is 15.1. The van der Waals surface area contributed by atoms with Crippen molar-refractivity contribution in [1.29, 1.82) is 0 Å². The van der Waals surface area contributed by atoms with Crippen molar-refractivity contribution in [1.82, 2.24) is 0 Å². The first-order valence-electron chi connectivity index (χ1n) is 26.2. The lowest BCUT2D eigenvalue weighted by molar-refractivity contribution is 0.660. The largest absolute Gasteiger partial charge is 0.356 e. The summed E-state index contributed by atoms with van der Waals surface area (Å²) >= 11 is 0. The number of hydrogen-bond donors (Lipinski definition) is 1. The van der Waals surface area contributed by atoms with Crippen LogP contribution in [0.1, 0.15) is 45.2 Å². The lowest BCUT2D eigenvalue weighted by Crippen LogP contribution is -2.17. The molecule has 0 saturated heterocycles. The summed E-state index contributed by atoms with van der Waals surface area (Å²) in [5, 5.41) is 6.16. The number of anilines is 5. The van der Waals surface area contributed by atoms with Crippen LogP contribution in [0, 0.1) is 5.92 Å². The van der Waals surface area contributed by atoms with E-state index in [4.69, 9.17) is 0 Å². The molecule has 0 radical (unpaired) electrons. The van der Waals surface area contributed by atoms with Crippen LogP contribution in [0.15, 0.2) is 285 Å². The highest BCUT2D eigenvalue weighted by Crippen LogP contribution is 2.52. The number of nitrogens with one attached hydrogen (secondary N) is 1. The summed E-state index contributed by atoms with van der Waals surface area (Å²) in [5.74, 6) is 0.659. The Morgan fingerprint density at radius 3 is 1.60 bits per heavy atom. The fourth-order valence-electron chi connectivity index (χ4n) is 11.0. The summed E-state index contributed by atoms with van der Waals surface area (Å²) in [4.78, 5) is 2.43. The molecule has 10 aromatic carbocycles. The van der Waals surface area contributed by atoms with Crippen molar-refractivity contribution in [3.05, 3.63) is 296 Å². The van der Waals surface area contributed by atoms with E-state index < -0.39 is 0 Å². The zero-order valence-corrected chi connectivity index (χ0v) is 43.3. The number of allylic oxidation sites excluding steroid dienone is 7. The number of benzene rings is 10. The average Bonchev–Trinajstić information content (AvgIpc) is 3.69. The Hall–Kier alpha value is -8.98. The molecule has 0 amide bonds. The molecular weight excluding hydrogens is 905 g/mol. The SMILES string of the molecule is C=C/C=C\C1=C(C)C=CCC1C.CC1(C)c2cc(Nc3ccc(-c4cccc(-c5ccccc5)c4)cc3)ccc2-c2ccc(N(c3ccc(-c4cccc(-c5ccccc5)c4)cc3)c3cccc4ccccc34)cc21. The highest BCUT2D eigenvalue weighted by molar-refractivity contribution is 5.99. The van der Waals surface area contributed by atoms with Crippen molar-refractivity contribution in [2.45, 2.75) is 39.5 Å². The lowest BCUT2D eigenvalue weighted by Gasteiger charge is -2.29. The third kappa shape index (κ3) is 10.1. The summed E-state index contributed by atoms with van der Waals surface area (Å²) in [6.45, 7) is 12.8.